The van der Waals surface area contributed by atoms with Gasteiger partial charge in [-0.3, -0.25) is 0 Å². The third-order valence-electron chi connectivity index (χ3n) is 2.03. The Kier molecular flexibility index (Phi) is 4.91. The largest absolute Gasteiger partial charge is 0.493 e. The van der Waals surface area contributed by atoms with Crippen LogP contribution in [0.15, 0.2) is 18.2 Å². The lowest BCUT2D eigenvalue weighted by Crippen LogP contribution is -2.31. The Morgan fingerprint density at radius 1 is 1.24 bits per heavy atom. The molecule has 1 aromatic rings. The third kappa shape index (κ3) is 4.26. The average Bonchev–Trinajstić information content (AvgIpc) is 2.22. The Bertz CT molecular complexity index is 382. The van der Waals surface area contributed by atoms with Gasteiger partial charge in [-0.2, -0.15) is 13.2 Å². The first kappa shape index (κ1) is 14.4. The molecule has 7 heteroatoms. The molecule has 1 unspecified atom stereocenters. The predicted octanol–water partition coefficient (Wildman–Crippen LogP) is 3.54. The molecular weight excluding hydrogens is 280 g/mol. The van der Waals surface area contributed by atoms with E-state index in [0.717, 1.165) is 0 Å². The van der Waals surface area contributed by atoms with Gasteiger partial charge in [0.1, 0.15) is 18.3 Å². The van der Waals surface area contributed by atoms with E-state index in [1.807, 2.05) is 0 Å². The fraction of sp³-hybridized carbons (Fsp3) is 0.400. The van der Waals surface area contributed by atoms with Crippen molar-refractivity contribution in [3.8, 4) is 5.75 Å². The van der Waals surface area contributed by atoms with Crippen molar-refractivity contribution in [3.63, 3.8) is 0 Å². The van der Waals surface area contributed by atoms with Crippen molar-refractivity contribution in [1.82, 2.24) is 0 Å². The van der Waals surface area contributed by atoms with Gasteiger partial charge in [-0.15, -0.1) is 0 Å². The SMILES string of the molecule is OCC(COc1ccc(Cl)c(Cl)c1)C(F)(F)F. The highest BCUT2D eigenvalue weighted by molar-refractivity contribution is 6.42. The summed E-state index contributed by atoms with van der Waals surface area (Å²) in [4.78, 5) is 0. The fourth-order valence-corrected chi connectivity index (χ4v) is 1.30. The van der Waals surface area contributed by atoms with Crippen LogP contribution in [0, 0.1) is 5.92 Å². The van der Waals surface area contributed by atoms with Crippen LogP contribution in [0.4, 0.5) is 13.2 Å². The third-order valence-corrected chi connectivity index (χ3v) is 2.76. The summed E-state index contributed by atoms with van der Waals surface area (Å²) in [5.41, 5.74) is 0. The molecule has 0 spiro atoms. The molecular formula is C10H9Cl2F3O2. The number of hydrogen-bond donors (Lipinski definition) is 1. The molecule has 1 atom stereocenters. The van der Waals surface area contributed by atoms with E-state index in [1.54, 1.807) is 0 Å². The highest BCUT2D eigenvalue weighted by Gasteiger charge is 2.39. The summed E-state index contributed by atoms with van der Waals surface area (Å²) in [7, 11) is 0. The summed E-state index contributed by atoms with van der Waals surface area (Å²) in [5, 5.41) is 9.07. The zero-order valence-corrected chi connectivity index (χ0v) is 9.98. The predicted molar refractivity (Wildman–Crippen MR) is 58.6 cm³/mol. The van der Waals surface area contributed by atoms with E-state index in [-0.39, 0.29) is 15.8 Å². The minimum atomic E-state index is -4.50. The molecule has 96 valence electrons. The van der Waals surface area contributed by atoms with Gasteiger partial charge in [0.15, 0.2) is 0 Å². The Morgan fingerprint density at radius 2 is 1.88 bits per heavy atom. The van der Waals surface area contributed by atoms with Crippen LogP contribution in [-0.4, -0.2) is 24.5 Å². The fourth-order valence-electron chi connectivity index (χ4n) is 1.01. The van der Waals surface area contributed by atoms with Crippen molar-refractivity contribution < 1.29 is 23.0 Å². The van der Waals surface area contributed by atoms with E-state index in [4.69, 9.17) is 33.0 Å². The number of hydrogen-bond acceptors (Lipinski definition) is 2. The molecule has 0 aromatic heterocycles. The maximum absolute atomic E-state index is 12.3. The summed E-state index contributed by atoms with van der Waals surface area (Å²) in [6.45, 7) is -1.69. The van der Waals surface area contributed by atoms with E-state index < -0.39 is 25.3 Å². The van der Waals surface area contributed by atoms with E-state index >= 15 is 0 Å². The van der Waals surface area contributed by atoms with E-state index in [2.05, 4.69) is 0 Å². The minimum Gasteiger partial charge on any atom is -0.493 e. The molecule has 0 aliphatic carbocycles. The zero-order chi connectivity index (χ0) is 13.1. The van der Waals surface area contributed by atoms with Crippen LogP contribution in [0.1, 0.15) is 0 Å². The van der Waals surface area contributed by atoms with Crippen LogP contribution in [0.25, 0.3) is 0 Å². The zero-order valence-electron chi connectivity index (χ0n) is 8.47. The van der Waals surface area contributed by atoms with Gasteiger partial charge in [0.05, 0.1) is 16.7 Å². The van der Waals surface area contributed by atoms with Crippen LogP contribution in [-0.2, 0) is 0 Å². The summed E-state index contributed by atoms with van der Waals surface area (Å²) >= 11 is 11.3. The first-order chi connectivity index (χ1) is 7.84. The molecule has 0 aliphatic heterocycles. The van der Waals surface area contributed by atoms with Crippen LogP contribution < -0.4 is 4.74 Å². The van der Waals surface area contributed by atoms with Gasteiger partial charge in [0.2, 0.25) is 0 Å². The first-order valence-electron chi connectivity index (χ1n) is 4.60. The second-order valence-corrected chi connectivity index (χ2v) is 4.12. The van der Waals surface area contributed by atoms with Crippen molar-refractivity contribution in [2.24, 2.45) is 5.92 Å². The molecule has 1 N–H and O–H groups in total. The molecule has 17 heavy (non-hydrogen) atoms. The molecule has 0 bridgehead atoms. The highest BCUT2D eigenvalue weighted by Crippen LogP contribution is 2.29. The number of benzene rings is 1. The summed E-state index contributed by atoms with van der Waals surface area (Å²) in [5.74, 6) is -1.75. The van der Waals surface area contributed by atoms with Crippen molar-refractivity contribution in [2.45, 2.75) is 6.18 Å². The molecule has 0 fully saturated rings. The molecule has 0 saturated carbocycles. The first-order valence-corrected chi connectivity index (χ1v) is 5.35. The molecule has 0 saturated heterocycles. The normalized spacial score (nSPS) is 13.5. The topological polar surface area (TPSA) is 29.5 Å². The van der Waals surface area contributed by atoms with Gasteiger partial charge in [0, 0.05) is 6.07 Å². The molecule has 0 radical (unpaired) electrons. The minimum absolute atomic E-state index is 0.169. The molecule has 0 heterocycles. The Labute approximate surface area is 106 Å². The number of halogens is 5. The monoisotopic (exact) mass is 288 g/mol. The molecule has 0 aliphatic rings. The lowest BCUT2D eigenvalue weighted by Gasteiger charge is -2.18. The Hall–Kier alpha value is -0.650. The van der Waals surface area contributed by atoms with Gasteiger partial charge in [-0.1, -0.05) is 23.2 Å². The van der Waals surface area contributed by atoms with Crippen molar-refractivity contribution in [3.05, 3.63) is 28.2 Å². The summed E-state index contributed by atoms with van der Waals surface area (Å²) in [6.07, 6.45) is -4.50. The van der Waals surface area contributed by atoms with Crippen molar-refractivity contribution in [1.29, 1.82) is 0 Å². The van der Waals surface area contributed by atoms with Crippen LogP contribution in [0.3, 0.4) is 0 Å². The second-order valence-electron chi connectivity index (χ2n) is 3.31. The molecule has 1 rings (SSSR count). The maximum atomic E-state index is 12.3. The van der Waals surface area contributed by atoms with Crippen LogP contribution in [0.5, 0.6) is 5.75 Å². The Balaban J connectivity index is 2.63. The molecule has 2 nitrogen and oxygen atoms in total. The van der Waals surface area contributed by atoms with Crippen molar-refractivity contribution >= 4 is 23.2 Å². The number of alkyl halides is 3. The number of aliphatic hydroxyl groups excluding tert-OH is 1. The summed E-state index contributed by atoms with van der Waals surface area (Å²) < 4.78 is 41.7. The van der Waals surface area contributed by atoms with E-state index in [1.165, 1.54) is 18.2 Å². The smallest absolute Gasteiger partial charge is 0.397 e. The van der Waals surface area contributed by atoms with Gasteiger partial charge < -0.3 is 9.84 Å². The van der Waals surface area contributed by atoms with E-state index in [0.29, 0.717) is 0 Å². The number of rotatable bonds is 4. The van der Waals surface area contributed by atoms with Gasteiger partial charge in [-0.25, -0.2) is 0 Å². The average molecular weight is 289 g/mol. The Morgan fingerprint density at radius 3 is 2.35 bits per heavy atom. The number of aliphatic hydroxyl groups is 1. The second kappa shape index (κ2) is 5.80. The van der Waals surface area contributed by atoms with Gasteiger partial charge >= 0.3 is 6.18 Å². The van der Waals surface area contributed by atoms with Crippen LogP contribution in [0.2, 0.25) is 10.0 Å². The quantitative estimate of drug-likeness (QED) is 0.918. The molecule has 0 amide bonds. The van der Waals surface area contributed by atoms with Gasteiger partial charge in [0.25, 0.3) is 0 Å². The van der Waals surface area contributed by atoms with Gasteiger partial charge in [-0.05, 0) is 12.1 Å². The van der Waals surface area contributed by atoms with Crippen LogP contribution >= 0.6 is 23.2 Å². The van der Waals surface area contributed by atoms with Crippen molar-refractivity contribution in [2.75, 3.05) is 13.2 Å². The highest BCUT2D eigenvalue weighted by atomic mass is 35.5. The summed E-state index contributed by atoms with van der Waals surface area (Å²) in [6, 6.07) is 4.13. The molecule has 1 aromatic carbocycles. The lowest BCUT2D eigenvalue weighted by molar-refractivity contribution is -0.190. The lowest BCUT2D eigenvalue weighted by atomic mass is 10.2. The van der Waals surface area contributed by atoms with E-state index in [9.17, 15) is 13.2 Å². The standard InChI is InChI=1S/C10H9Cl2F3O2/c11-8-2-1-7(3-9(8)12)17-5-6(4-16)10(13,14)15/h1-3,6,16H,4-5H2. The number of ether oxygens (including phenoxy) is 1. The maximum Gasteiger partial charge on any atom is 0.397 e.